The number of rotatable bonds is 3. The number of phenols is 2. The van der Waals surface area contributed by atoms with Crippen LogP contribution in [0.5, 0.6) is 11.5 Å². The molecule has 7 heteroatoms. The number of benzene rings is 3. The number of halogens is 1. The molecule has 2 heterocycles. The van der Waals surface area contributed by atoms with Gasteiger partial charge in [-0.25, -0.2) is 9.97 Å². The predicted octanol–water partition coefficient (Wildman–Crippen LogP) is 5.69. The second-order valence-electron chi connectivity index (χ2n) is 7.66. The van der Waals surface area contributed by atoms with E-state index in [4.69, 9.17) is 11.6 Å². The molecule has 3 N–H and O–H groups in total. The molecule has 2 aromatic heterocycles. The summed E-state index contributed by atoms with van der Waals surface area (Å²) in [5.41, 5.74) is 4.10. The summed E-state index contributed by atoms with van der Waals surface area (Å²) in [5.74, 6) is 0.611. The van der Waals surface area contributed by atoms with Crippen molar-refractivity contribution in [2.45, 2.75) is 6.92 Å². The minimum atomic E-state index is -0.277. The highest BCUT2D eigenvalue weighted by atomic mass is 35.5. The zero-order chi connectivity index (χ0) is 23.1. The lowest BCUT2D eigenvalue weighted by Crippen LogP contribution is -2.12. The summed E-state index contributed by atoms with van der Waals surface area (Å²) in [4.78, 5) is 24.6. The molecule has 0 saturated carbocycles. The van der Waals surface area contributed by atoms with Crippen molar-refractivity contribution in [2.75, 3.05) is 0 Å². The molecule has 3 aromatic carbocycles. The third kappa shape index (κ3) is 3.81. The van der Waals surface area contributed by atoms with Crippen molar-refractivity contribution in [2.24, 2.45) is 0 Å². The van der Waals surface area contributed by atoms with E-state index >= 15 is 0 Å². The summed E-state index contributed by atoms with van der Waals surface area (Å²) in [6, 6.07) is 20.9. The average molecular weight is 456 g/mol. The molecule has 0 radical (unpaired) electrons. The van der Waals surface area contributed by atoms with Gasteiger partial charge in [-0.2, -0.15) is 0 Å². The van der Waals surface area contributed by atoms with Gasteiger partial charge in [0.1, 0.15) is 17.3 Å². The van der Waals surface area contributed by atoms with Gasteiger partial charge in [-0.05, 0) is 42.8 Å². The molecule has 0 amide bonds. The Kier molecular flexibility index (Phi) is 5.07. The van der Waals surface area contributed by atoms with Crippen LogP contribution in [-0.2, 0) is 0 Å². The van der Waals surface area contributed by atoms with Gasteiger partial charge in [-0.1, -0.05) is 54.1 Å². The number of aromatic amines is 1. The molecule has 162 valence electrons. The maximum atomic E-state index is 12.8. The average Bonchev–Trinajstić information content (AvgIpc) is 2.80. The van der Waals surface area contributed by atoms with E-state index in [0.29, 0.717) is 44.3 Å². The molecule has 0 atom stereocenters. The SMILES string of the molecule is Cc1nc2nc(-c3ccc(-c4cc(O)ccc4O)cc3)cc(-c3ccccc3Cl)c2c(=O)[nH]1. The van der Waals surface area contributed by atoms with Crippen LogP contribution in [0.15, 0.2) is 77.6 Å². The maximum Gasteiger partial charge on any atom is 0.261 e. The molecule has 0 saturated heterocycles. The Labute approximate surface area is 193 Å². The first-order chi connectivity index (χ1) is 15.9. The number of aryl methyl sites for hydroxylation is 1. The molecule has 0 spiro atoms. The largest absolute Gasteiger partial charge is 0.508 e. The number of fused-ring (bicyclic) bond motifs is 1. The first-order valence-electron chi connectivity index (χ1n) is 10.2. The van der Waals surface area contributed by atoms with E-state index in [1.54, 1.807) is 13.0 Å². The molecule has 5 rings (SSSR count). The Morgan fingerprint density at radius 2 is 1.55 bits per heavy atom. The Hall–Kier alpha value is -4.16. The topological polar surface area (TPSA) is 99.1 Å². The third-order valence-corrected chi connectivity index (χ3v) is 5.76. The molecule has 33 heavy (non-hydrogen) atoms. The van der Waals surface area contributed by atoms with Crippen molar-refractivity contribution >= 4 is 22.6 Å². The van der Waals surface area contributed by atoms with Gasteiger partial charge in [0.05, 0.1) is 11.1 Å². The summed E-state index contributed by atoms with van der Waals surface area (Å²) >= 11 is 6.46. The zero-order valence-corrected chi connectivity index (χ0v) is 18.3. The minimum Gasteiger partial charge on any atom is -0.508 e. The van der Waals surface area contributed by atoms with Gasteiger partial charge in [0.15, 0.2) is 5.65 Å². The third-order valence-electron chi connectivity index (χ3n) is 5.43. The van der Waals surface area contributed by atoms with E-state index in [1.165, 1.54) is 18.2 Å². The molecule has 0 fully saturated rings. The number of hydrogen-bond acceptors (Lipinski definition) is 5. The van der Waals surface area contributed by atoms with Crippen LogP contribution in [0.3, 0.4) is 0 Å². The monoisotopic (exact) mass is 455 g/mol. The predicted molar refractivity (Wildman–Crippen MR) is 130 cm³/mol. The van der Waals surface area contributed by atoms with Gasteiger partial charge in [-0.3, -0.25) is 4.79 Å². The second-order valence-corrected chi connectivity index (χ2v) is 8.07. The number of H-pyrrole nitrogens is 1. The van der Waals surface area contributed by atoms with Gasteiger partial charge in [-0.15, -0.1) is 0 Å². The van der Waals surface area contributed by atoms with E-state index in [1.807, 2.05) is 48.5 Å². The fourth-order valence-electron chi connectivity index (χ4n) is 3.87. The van der Waals surface area contributed by atoms with E-state index < -0.39 is 0 Å². The fourth-order valence-corrected chi connectivity index (χ4v) is 4.10. The molecular formula is C26H18ClN3O3. The van der Waals surface area contributed by atoms with Crippen molar-refractivity contribution < 1.29 is 10.2 Å². The van der Waals surface area contributed by atoms with Crippen molar-refractivity contribution in [1.29, 1.82) is 0 Å². The summed E-state index contributed by atoms with van der Waals surface area (Å²) in [5, 5.41) is 20.8. The fraction of sp³-hybridized carbons (Fsp3) is 0.0385. The van der Waals surface area contributed by atoms with E-state index in [0.717, 1.165) is 11.1 Å². The number of hydrogen-bond donors (Lipinski definition) is 3. The molecule has 5 aromatic rings. The molecule has 6 nitrogen and oxygen atoms in total. The first-order valence-corrected chi connectivity index (χ1v) is 10.6. The molecule has 0 aliphatic carbocycles. The lowest BCUT2D eigenvalue weighted by molar-refractivity contribution is 0.462. The zero-order valence-electron chi connectivity index (χ0n) is 17.5. The highest BCUT2D eigenvalue weighted by Gasteiger charge is 2.16. The molecule has 0 aliphatic heterocycles. The van der Waals surface area contributed by atoms with E-state index in [-0.39, 0.29) is 17.1 Å². The molecule has 0 bridgehead atoms. The summed E-state index contributed by atoms with van der Waals surface area (Å²) in [7, 11) is 0. The smallest absolute Gasteiger partial charge is 0.261 e. The second kappa shape index (κ2) is 8.07. The first kappa shape index (κ1) is 20.7. The van der Waals surface area contributed by atoms with Crippen LogP contribution < -0.4 is 5.56 Å². The summed E-state index contributed by atoms with van der Waals surface area (Å²) < 4.78 is 0. The van der Waals surface area contributed by atoms with Crippen LogP contribution in [0.1, 0.15) is 5.82 Å². The van der Waals surface area contributed by atoms with E-state index in [2.05, 4.69) is 15.0 Å². The maximum absolute atomic E-state index is 12.8. The highest BCUT2D eigenvalue weighted by molar-refractivity contribution is 6.33. The minimum absolute atomic E-state index is 0.0686. The van der Waals surface area contributed by atoms with Gasteiger partial charge >= 0.3 is 0 Å². The number of aromatic hydroxyl groups is 2. The lowest BCUT2D eigenvalue weighted by Gasteiger charge is -2.12. The Morgan fingerprint density at radius 1 is 0.818 bits per heavy atom. The van der Waals surface area contributed by atoms with E-state index in [9.17, 15) is 15.0 Å². The molecule has 0 aliphatic rings. The van der Waals surface area contributed by atoms with Gasteiger partial charge in [0.25, 0.3) is 5.56 Å². The number of aromatic nitrogens is 3. The van der Waals surface area contributed by atoms with Crippen molar-refractivity contribution in [1.82, 2.24) is 15.0 Å². The number of nitrogens with one attached hydrogen (secondary N) is 1. The normalized spacial score (nSPS) is 11.1. The van der Waals surface area contributed by atoms with Crippen LogP contribution in [-0.4, -0.2) is 25.2 Å². The summed E-state index contributed by atoms with van der Waals surface area (Å²) in [6.45, 7) is 1.71. The van der Waals surface area contributed by atoms with Gasteiger partial charge in [0.2, 0.25) is 0 Å². The van der Waals surface area contributed by atoms with Crippen LogP contribution >= 0.6 is 11.6 Å². The van der Waals surface area contributed by atoms with Crippen molar-refractivity contribution in [3.8, 4) is 45.0 Å². The van der Waals surface area contributed by atoms with Crippen LogP contribution in [0, 0.1) is 6.92 Å². The highest BCUT2D eigenvalue weighted by Crippen LogP contribution is 2.36. The molecule has 0 unspecified atom stereocenters. The Morgan fingerprint density at radius 3 is 2.30 bits per heavy atom. The van der Waals surface area contributed by atoms with Crippen LogP contribution in [0.2, 0.25) is 5.02 Å². The number of nitrogens with zero attached hydrogens (tertiary/aromatic N) is 2. The van der Waals surface area contributed by atoms with Crippen molar-refractivity contribution in [3.05, 3.63) is 94.0 Å². The number of pyridine rings is 1. The Balaban J connectivity index is 1.70. The van der Waals surface area contributed by atoms with Gasteiger partial charge < -0.3 is 15.2 Å². The number of phenolic OH excluding ortho intramolecular Hbond substituents is 2. The standard InChI is InChI=1S/C26H18ClN3O3/c1-14-28-25-24(26(33)29-14)20(18-4-2-3-5-21(18)27)13-22(30-25)16-8-6-15(7-9-16)19-12-17(31)10-11-23(19)32/h2-13,31-32H,1H3,(H,28,29,30,33). The summed E-state index contributed by atoms with van der Waals surface area (Å²) in [6.07, 6.45) is 0. The van der Waals surface area contributed by atoms with Crippen LogP contribution in [0.25, 0.3) is 44.5 Å². The Bertz CT molecular complexity index is 1580. The quantitative estimate of drug-likeness (QED) is 0.303. The van der Waals surface area contributed by atoms with Gasteiger partial charge in [0, 0.05) is 27.3 Å². The lowest BCUT2D eigenvalue weighted by atomic mass is 9.98. The van der Waals surface area contributed by atoms with Crippen molar-refractivity contribution in [3.63, 3.8) is 0 Å². The van der Waals surface area contributed by atoms with Crippen LogP contribution in [0.4, 0.5) is 0 Å². The molecular weight excluding hydrogens is 438 g/mol.